The van der Waals surface area contributed by atoms with Crippen molar-refractivity contribution >= 4 is 16.9 Å². The van der Waals surface area contributed by atoms with Gasteiger partial charge in [0.1, 0.15) is 0 Å². The lowest BCUT2D eigenvalue weighted by Crippen LogP contribution is -2.34. The summed E-state index contributed by atoms with van der Waals surface area (Å²) in [6.07, 6.45) is 4.74. The minimum Gasteiger partial charge on any atom is -0.377 e. The molecule has 14 heavy (non-hydrogen) atoms. The zero-order chi connectivity index (χ0) is 10.6. The second kappa shape index (κ2) is 4.67. The molecule has 0 aliphatic carbocycles. The number of rotatable bonds is 1. The number of amidine groups is 1. The van der Waals surface area contributed by atoms with Crippen LogP contribution in [0.1, 0.15) is 13.3 Å². The maximum Gasteiger partial charge on any atom is 0.208 e. The van der Waals surface area contributed by atoms with Crippen molar-refractivity contribution in [3.8, 4) is 6.19 Å². The van der Waals surface area contributed by atoms with E-state index in [1.54, 1.807) is 7.11 Å². The maximum absolute atomic E-state index is 8.51. The lowest BCUT2D eigenvalue weighted by Gasteiger charge is -2.23. The first-order chi connectivity index (χ1) is 6.65. The second-order valence-electron chi connectivity index (χ2n) is 3.52. The zero-order valence-electron chi connectivity index (χ0n) is 8.78. The fraction of sp³-hybridized carbons (Fsp3) is 0.778. The lowest BCUT2D eigenvalue weighted by molar-refractivity contribution is 0.0194. The van der Waals surface area contributed by atoms with Crippen LogP contribution in [-0.4, -0.2) is 42.1 Å². The fourth-order valence-corrected chi connectivity index (χ4v) is 2.10. The summed E-state index contributed by atoms with van der Waals surface area (Å²) in [6, 6.07) is 0. The Balaban J connectivity index is 2.66. The van der Waals surface area contributed by atoms with Crippen LogP contribution in [0, 0.1) is 11.5 Å². The zero-order valence-corrected chi connectivity index (χ0v) is 9.60. The van der Waals surface area contributed by atoms with E-state index >= 15 is 0 Å². The summed E-state index contributed by atoms with van der Waals surface area (Å²) in [5.74, 6) is 0. The summed E-state index contributed by atoms with van der Waals surface area (Å²) in [4.78, 5) is 5.87. The third-order valence-corrected chi connectivity index (χ3v) is 3.24. The molecule has 1 rings (SSSR count). The molecule has 0 N–H and O–H groups in total. The third kappa shape index (κ3) is 2.40. The summed E-state index contributed by atoms with van der Waals surface area (Å²) in [5.41, 5.74) is -0.0913. The Morgan fingerprint density at radius 3 is 2.86 bits per heavy atom. The highest BCUT2D eigenvalue weighted by Gasteiger charge is 2.34. The molecule has 1 saturated heterocycles. The Morgan fingerprint density at radius 2 is 2.43 bits per heavy atom. The van der Waals surface area contributed by atoms with Gasteiger partial charge < -0.3 is 9.64 Å². The van der Waals surface area contributed by atoms with Gasteiger partial charge in [-0.3, -0.25) is 0 Å². The van der Waals surface area contributed by atoms with Gasteiger partial charge in [0.15, 0.2) is 5.17 Å². The Labute approximate surface area is 88.9 Å². The Bertz CT molecular complexity index is 274. The molecule has 4 nitrogen and oxygen atoms in total. The molecule has 0 amide bonds. The van der Waals surface area contributed by atoms with Gasteiger partial charge in [-0.1, -0.05) is 11.8 Å². The number of nitrogens with zero attached hydrogens (tertiary/aromatic N) is 3. The number of hydrogen-bond donors (Lipinski definition) is 0. The van der Waals surface area contributed by atoms with E-state index in [-0.39, 0.29) is 5.60 Å². The standard InChI is InChI=1S/C9H15N3OS/c1-9(13-2)4-5-12(6-9)8(14-3)11-7-10/h4-6H2,1-3H3. The van der Waals surface area contributed by atoms with Crippen LogP contribution in [0.25, 0.3) is 0 Å². The average Bonchev–Trinajstić information content (AvgIpc) is 2.58. The van der Waals surface area contributed by atoms with E-state index in [0.29, 0.717) is 0 Å². The van der Waals surface area contributed by atoms with E-state index in [0.717, 1.165) is 24.7 Å². The molecule has 0 saturated carbocycles. The minimum atomic E-state index is -0.0913. The molecule has 0 radical (unpaired) electrons. The van der Waals surface area contributed by atoms with E-state index in [9.17, 15) is 0 Å². The molecule has 0 aromatic carbocycles. The van der Waals surface area contributed by atoms with Crippen LogP contribution in [-0.2, 0) is 4.74 Å². The highest BCUT2D eigenvalue weighted by Crippen LogP contribution is 2.25. The highest BCUT2D eigenvalue weighted by molar-refractivity contribution is 8.13. The summed E-state index contributed by atoms with van der Waals surface area (Å²) in [6.45, 7) is 3.80. The largest absolute Gasteiger partial charge is 0.377 e. The first-order valence-electron chi connectivity index (χ1n) is 4.46. The van der Waals surface area contributed by atoms with Gasteiger partial charge in [0.2, 0.25) is 6.19 Å². The number of thioether (sulfide) groups is 1. The molecule has 1 aliphatic rings. The normalized spacial score (nSPS) is 27.9. The fourth-order valence-electron chi connectivity index (χ4n) is 1.55. The van der Waals surface area contributed by atoms with E-state index in [2.05, 4.69) is 16.8 Å². The molecule has 0 spiro atoms. The maximum atomic E-state index is 8.51. The van der Waals surface area contributed by atoms with Crippen LogP contribution in [0.3, 0.4) is 0 Å². The minimum absolute atomic E-state index is 0.0913. The van der Waals surface area contributed by atoms with Gasteiger partial charge in [-0.25, -0.2) is 0 Å². The van der Waals surface area contributed by atoms with E-state index in [1.807, 2.05) is 12.4 Å². The van der Waals surface area contributed by atoms with Gasteiger partial charge in [0.25, 0.3) is 0 Å². The Morgan fingerprint density at radius 1 is 1.71 bits per heavy atom. The van der Waals surface area contributed by atoms with Crippen LogP contribution < -0.4 is 0 Å². The molecular weight excluding hydrogens is 198 g/mol. The summed E-state index contributed by atoms with van der Waals surface area (Å²) >= 11 is 1.50. The van der Waals surface area contributed by atoms with Crippen molar-refractivity contribution in [2.75, 3.05) is 26.5 Å². The van der Waals surface area contributed by atoms with Gasteiger partial charge in [0, 0.05) is 20.2 Å². The van der Waals surface area contributed by atoms with Gasteiger partial charge in [-0.15, -0.1) is 4.99 Å². The predicted molar refractivity (Wildman–Crippen MR) is 58.2 cm³/mol. The number of nitriles is 1. The molecule has 1 fully saturated rings. The molecule has 1 heterocycles. The lowest BCUT2D eigenvalue weighted by atomic mass is 10.1. The molecule has 5 heteroatoms. The van der Waals surface area contributed by atoms with Gasteiger partial charge >= 0.3 is 0 Å². The summed E-state index contributed by atoms with van der Waals surface area (Å²) < 4.78 is 5.41. The average molecular weight is 213 g/mol. The van der Waals surface area contributed by atoms with Gasteiger partial charge in [-0.05, 0) is 19.6 Å². The summed E-state index contributed by atoms with van der Waals surface area (Å²) in [5, 5.41) is 9.29. The molecule has 0 aromatic heterocycles. The topological polar surface area (TPSA) is 48.6 Å². The number of hydrogen-bond acceptors (Lipinski definition) is 4. The van der Waals surface area contributed by atoms with Crippen LogP contribution in [0.2, 0.25) is 0 Å². The van der Waals surface area contributed by atoms with Crippen LogP contribution in [0.4, 0.5) is 0 Å². The van der Waals surface area contributed by atoms with Crippen molar-refractivity contribution in [2.24, 2.45) is 4.99 Å². The van der Waals surface area contributed by atoms with Crippen molar-refractivity contribution in [1.82, 2.24) is 4.90 Å². The number of likely N-dealkylation sites (tertiary alicyclic amines) is 1. The number of methoxy groups -OCH3 is 1. The van der Waals surface area contributed by atoms with Crippen LogP contribution in [0.5, 0.6) is 0 Å². The van der Waals surface area contributed by atoms with Crippen LogP contribution in [0.15, 0.2) is 4.99 Å². The summed E-state index contributed by atoms with van der Waals surface area (Å²) in [7, 11) is 1.73. The molecule has 78 valence electrons. The van der Waals surface area contributed by atoms with Crippen molar-refractivity contribution in [3.05, 3.63) is 0 Å². The van der Waals surface area contributed by atoms with Crippen molar-refractivity contribution in [2.45, 2.75) is 18.9 Å². The molecule has 1 aliphatic heterocycles. The second-order valence-corrected chi connectivity index (χ2v) is 4.30. The predicted octanol–water partition coefficient (Wildman–Crippen LogP) is 1.30. The van der Waals surface area contributed by atoms with Crippen molar-refractivity contribution in [1.29, 1.82) is 5.26 Å². The van der Waals surface area contributed by atoms with E-state index in [1.165, 1.54) is 11.8 Å². The monoisotopic (exact) mass is 213 g/mol. The highest BCUT2D eigenvalue weighted by atomic mass is 32.2. The van der Waals surface area contributed by atoms with Crippen LogP contribution >= 0.6 is 11.8 Å². The SMILES string of the molecule is COC1(C)CCN(C(=NC#N)SC)C1. The van der Waals surface area contributed by atoms with Gasteiger partial charge in [0.05, 0.1) is 5.60 Å². The molecule has 0 aromatic rings. The quantitative estimate of drug-likeness (QED) is 0.374. The smallest absolute Gasteiger partial charge is 0.208 e. The number of ether oxygens (including phenoxy) is 1. The Kier molecular flexibility index (Phi) is 3.78. The third-order valence-electron chi connectivity index (χ3n) is 2.53. The molecular formula is C9H15N3OS. The first kappa shape index (κ1) is 11.3. The molecule has 1 unspecified atom stereocenters. The van der Waals surface area contributed by atoms with Gasteiger partial charge in [-0.2, -0.15) is 5.26 Å². The van der Waals surface area contributed by atoms with E-state index < -0.39 is 0 Å². The molecule has 1 atom stereocenters. The molecule has 0 bridgehead atoms. The van der Waals surface area contributed by atoms with Crippen molar-refractivity contribution < 1.29 is 4.74 Å². The van der Waals surface area contributed by atoms with E-state index in [4.69, 9.17) is 10.00 Å². The Hall–Kier alpha value is -0.730. The van der Waals surface area contributed by atoms with Crippen molar-refractivity contribution in [3.63, 3.8) is 0 Å². The number of aliphatic imine (C=N–C) groups is 1. The first-order valence-corrected chi connectivity index (χ1v) is 5.68.